The summed E-state index contributed by atoms with van der Waals surface area (Å²) in [6, 6.07) is -0.324. The summed E-state index contributed by atoms with van der Waals surface area (Å²) in [6.07, 6.45) is 1.82. The Balaban J connectivity index is 2.49. The van der Waals surface area contributed by atoms with Crippen molar-refractivity contribution in [1.29, 1.82) is 0 Å². The van der Waals surface area contributed by atoms with Crippen LogP contribution in [-0.4, -0.2) is 55.4 Å². The van der Waals surface area contributed by atoms with Crippen molar-refractivity contribution >= 4 is 5.91 Å². The minimum absolute atomic E-state index is 0.218. The van der Waals surface area contributed by atoms with Crippen LogP contribution in [0.5, 0.6) is 0 Å². The maximum Gasteiger partial charge on any atom is 0.253 e. The molecule has 0 aromatic rings. The molecule has 6 heteroatoms. The molecule has 1 saturated heterocycles. The van der Waals surface area contributed by atoms with Crippen molar-refractivity contribution < 1.29 is 14.6 Å². The Morgan fingerprint density at radius 1 is 1.62 bits per heavy atom. The standard InChI is InChI=1S/C10H21N3O3/c1-16-7-9(10(15)12-11)13-4-2-8(6-14)3-5-13/h8-9,14H,2-7,11H2,1H3,(H,12,15). The summed E-state index contributed by atoms with van der Waals surface area (Å²) in [7, 11) is 1.57. The molecule has 0 aliphatic carbocycles. The van der Waals surface area contributed by atoms with Crippen LogP contribution in [0.3, 0.4) is 0 Å². The van der Waals surface area contributed by atoms with E-state index < -0.39 is 0 Å². The molecule has 1 heterocycles. The van der Waals surface area contributed by atoms with Crippen molar-refractivity contribution in [2.45, 2.75) is 18.9 Å². The highest BCUT2D eigenvalue weighted by Crippen LogP contribution is 2.18. The number of rotatable bonds is 5. The highest BCUT2D eigenvalue weighted by atomic mass is 16.5. The SMILES string of the molecule is COCC(C(=O)NN)N1CCC(CO)CC1. The van der Waals surface area contributed by atoms with E-state index in [1.165, 1.54) is 0 Å². The lowest BCUT2D eigenvalue weighted by Crippen LogP contribution is -2.53. The second-order valence-electron chi connectivity index (χ2n) is 4.14. The molecule has 0 bridgehead atoms. The van der Waals surface area contributed by atoms with Gasteiger partial charge >= 0.3 is 0 Å². The lowest BCUT2D eigenvalue weighted by Gasteiger charge is -2.35. The first-order valence-electron chi connectivity index (χ1n) is 5.57. The van der Waals surface area contributed by atoms with E-state index in [1.807, 2.05) is 0 Å². The summed E-state index contributed by atoms with van der Waals surface area (Å²) in [4.78, 5) is 13.6. The van der Waals surface area contributed by atoms with E-state index in [4.69, 9.17) is 15.7 Å². The number of nitrogens with two attached hydrogens (primary N) is 1. The second kappa shape index (κ2) is 6.80. The van der Waals surface area contributed by atoms with Gasteiger partial charge in [-0.05, 0) is 31.8 Å². The largest absolute Gasteiger partial charge is 0.396 e. The molecule has 1 fully saturated rings. The number of methoxy groups -OCH3 is 1. The van der Waals surface area contributed by atoms with E-state index >= 15 is 0 Å². The lowest BCUT2D eigenvalue weighted by molar-refractivity contribution is -0.129. The average Bonchev–Trinajstić information content (AvgIpc) is 2.35. The number of nitrogens with zero attached hydrogens (tertiary/aromatic N) is 1. The Morgan fingerprint density at radius 3 is 2.69 bits per heavy atom. The molecule has 1 unspecified atom stereocenters. The number of ether oxygens (including phenoxy) is 1. The molecule has 1 rings (SSSR count). The minimum Gasteiger partial charge on any atom is -0.396 e. The number of carbonyl (C=O) groups is 1. The molecule has 1 atom stereocenters. The number of nitrogens with one attached hydrogen (secondary N) is 1. The monoisotopic (exact) mass is 231 g/mol. The van der Waals surface area contributed by atoms with E-state index in [0.717, 1.165) is 25.9 Å². The van der Waals surface area contributed by atoms with Gasteiger partial charge in [0.05, 0.1) is 6.61 Å². The molecule has 0 aromatic heterocycles. The molecule has 6 nitrogen and oxygen atoms in total. The highest BCUT2D eigenvalue weighted by molar-refractivity contribution is 5.81. The fraction of sp³-hybridized carbons (Fsp3) is 0.900. The van der Waals surface area contributed by atoms with Gasteiger partial charge in [-0.15, -0.1) is 0 Å². The van der Waals surface area contributed by atoms with Crippen LogP contribution >= 0.6 is 0 Å². The third kappa shape index (κ3) is 3.41. The third-order valence-electron chi connectivity index (χ3n) is 3.12. The number of hydrazine groups is 1. The molecule has 4 N–H and O–H groups in total. The van der Waals surface area contributed by atoms with Crippen LogP contribution in [-0.2, 0) is 9.53 Å². The first-order chi connectivity index (χ1) is 7.72. The van der Waals surface area contributed by atoms with Gasteiger partial charge in [0, 0.05) is 13.7 Å². The molecule has 0 aromatic carbocycles. The van der Waals surface area contributed by atoms with Crippen molar-refractivity contribution in [1.82, 2.24) is 10.3 Å². The summed E-state index contributed by atoms with van der Waals surface area (Å²) in [5.41, 5.74) is 2.16. The molecule has 0 spiro atoms. The number of hydrogen-bond donors (Lipinski definition) is 3. The molecule has 1 amide bonds. The predicted molar refractivity (Wildman–Crippen MR) is 59.4 cm³/mol. The van der Waals surface area contributed by atoms with Crippen molar-refractivity contribution in [3.8, 4) is 0 Å². The van der Waals surface area contributed by atoms with Crippen LogP contribution in [0.25, 0.3) is 0 Å². The van der Waals surface area contributed by atoms with Gasteiger partial charge in [-0.3, -0.25) is 15.1 Å². The fourth-order valence-corrected chi connectivity index (χ4v) is 2.05. The molecule has 16 heavy (non-hydrogen) atoms. The van der Waals surface area contributed by atoms with Gasteiger partial charge in [0.25, 0.3) is 5.91 Å². The van der Waals surface area contributed by atoms with E-state index in [1.54, 1.807) is 7.11 Å². The predicted octanol–water partition coefficient (Wildman–Crippen LogP) is -1.30. The van der Waals surface area contributed by atoms with Gasteiger partial charge in [-0.1, -0.05) is 0 Å². The summed E-state index contributed by atoms with van der Waals surface area (Å²) in [5, 5.41) is 9.03. The molecule has 0 radical (unpaired) electrons. The smallest absolute Gasteiger partial charge is 0.253 e. The molecule has 1 aliphatic rings. The number of aliphatic hydroxyl groups is 1. The summed E-state index contributed by atoms with van der Waals surface area (Å²) >= 11 is 0. The highest BCUT2D eigenvalue weighted by Gasteiger charge is 2.29. The Morgan fingerprint density at radius 2 is 2.25 bits per heavy atom. The van der Waals surface area contributed by atoms with Gasteiger partial charge in [-0.2, -0.15) is 0 Å². The molecule has 0 saturated carbocycles. The second-order valence-corrected chi connectivity index (χ2v) is 4.14. The quantitative estimate of drug-likeness (QED) is 0.311. The molecular weight excluding hydrogens is 210 g/mol. The van der Waals surface area contributed by atoms with Crippen LogP contribution < -0.4 is 11.3 Å². The van der Waals surface area contributed by atoms with Crippen molar-refractivity contribution in [3.63, 3.8) is 0 Å². The third-order valence-corrected chi connectivity index (χ3v) is 3.12. The van der Waals surface area contributed by atoms with Crippen molar-refractivity contribution in [3.05, 3.63) is 0 Å². The van der Waals surface area contributed by atoms with E-state index in [2.05, 4.69) is 10.3 Å². The Kier molecular flexibility index (Phi) is 5.68. The number of likely N-dealkylation sites (tertiary alicyclic amines) is 1. The number of hydrogen-bond acceptors (Lipinski definition) is 5. The topological polar surface area (TPSA) is 87.8 Å². The van der Waals surface area contributed by atoms with Crippen LogP contribution in [0.2, 0.25) is 0 Å². The first kappa shape index (κ1) is 13.4. The van der Waals surface area contributed by atoms with Gasteiger partial charge in [0.2, 0.25) is 0 Å². The summed E-state index contributed by atoms with van der Waals surface area (Å²) in [6.45, 7) is 2.16. The van der Waals surface area contributed by atoms with Crippen LogP contribution in [0.4, 0.5) is 0 Å². The van der Waals surface area contributed by atoms with E-state index in [9.17, 15) is 4.79 Å². The zero-order valence-corrected chi connectivity index (χ0v) is 9.69. The fourth-order valence-electron chi connectivity index (χ4n) is 2.05. The number of amides is 1. The first-order valence-corrected chi connectivity index (χ1v) is 5.57. The van der Waals surface area contributed by atoms with Gasteiger partial charge in [0.1, 0.15) is 6.04 Å². The van der Waals surface area contributed by atoms with Crippen molar-refractivity contribution in [2.75, 3.05) is 33.4 Å². The maximum atomic E-state index is 11.5. The van der Waals surface area contributed by atoms with Crippen LogP contribution in [0.1, 0.15) is 12.8 Å². The van der Waals surface area contributed by atoms with Gasteiger partial charge in [0.15, 0.2) is 0 Å². The van der Waals surface area contributed by atoms with Gasteiger partial charge in [-0.25, -0.2) is 5.84 Å². The zero-order chi connectivity index (χ0) is 12.0. The lowest BCUT2D eigenvalue weighted by atomic mass is 9.96. The van der Waals surface area contributed by atoms with Gasteiger partial charge < -0.3 is 9.84 Å². The molecule has 1 aliphatic heterocycles. The minimum atomic E-state index is -0.324. The average molecular weight is 231 g/mol. The van der Waals surface area contributed by atoms with Crippen LogP contribution in [0, 0.1) is 5.92 Å². The van der Waals surface area contributed by atoms with Crippen molar-refractivity contribution in [2.24, 2.45) is 11.8 Å². The van der Waals surface area contributed by atoms with E-state index in [-0.39, 0.29) is 18.6 Å². The number of piperidine rings is 1. The number of aliphatic hydroxyl groups excluding tert-OH is 1. The van der Waals surface area contributed by atoms with Crippen LogP contribution in [0.15, 0.2) is 0 Å². The maximum absolute atomic E-state index is 11.5. The van der Waals surface area contributed by atoms with E-state index in [0.29, 0.717) is 12.5 Å². The number of carbonyl (C=O) groups excluding carboxylic acids is 1. The zero-order valence-electron chi connectivity index (χ0n) is 9.69. The molecule has 94 valence electrons. The summed E-state index contributed by atoms with van der Waals surface area (Å²) < 4.78 is 5.03. The Bertz CT molecular complexity index is 217. The Hall–Kier alpha value is -0.690. The Labute approximate surface area is 95.7 Å². The summed E-state index contributed by atoms with van der Waals surface area (Å²) in [5.74, 6) is 5.28. The normalized spacial score (nSPS) is 20.7. The molecular formula is C10H21N3O3.